The third-order valence-electron chi connectivity index (χ3n) is 2.99. The van der Waals surface area contributed by atoms with Gasteiger partial charge >= 0.3 is 0 Å². The van der Waals surface area contributed by atoms with Gasteiger partial charge in [-0.25, -0.2) is 4.98 Å². The molecule has 0 spiro atoms. The van der Waals surface area contributed by atoms with Gasteiger partial charge in [0.05, 0.1) is 17.6 Å². The summed E-state index contributed by atoms with van der Waals surface area (Å²) >= 11 is 8.73. The van der Waals surface area contributed by atoms with E-state index in [-0.39, 0.29) is 6.04 Å². The number of methoxy groups -OCH3 is 1. The summed E-state index contributed by atoms with van der Waals surface area (Å²) in [7, 11) is 1.69. The first-order chi connectivity index (χ1) is 9.65. The van der Waals surface area contributed by atoms with Gasteiger partial charge in [-0.15, -0.1) is 11.3 Å². The van der Waals surface area contributed by atoms with E-state index in [4.69, 9.17) is 4.74 Å². The molecule has 0 aliphatic carbocycles. The zero-order valence-corrected chi connectivity index (χ0v) is 15.3. The molecule has 1 aromatic carbocycles. The van der Waals surface area contributed by atoms with Crippen LogP contribution < -0.4 is 10.1 Å². The summed E-state index contributed by atoms with van der Waals surface area (Å²) in [4.78, 5) is 4.38. The van der Waals surface area contributed by atoms with Crippen molar-refractivity contribution < 1.29 is 4.74 Å². The average Bonchev–Trinajstić information content (AvgIpc) is 2.93. The Morgan fingerprint density at radius 3 is 2.80 bits per heavy atom. The lowest BCUT2D eigenvalue weighted by Crippen LogP contribution is -2.20. The van der Waals surface area contributed by atoms with Crippen molar-refractivity contribution in [2.45, 2.75) is 25.9 Å². The highest BCUT2D eigenvalue weighted by atomic mass is 79.9. The highest BCUT2D eigenvalue weighted by Gasteiger charge is 2.14. The normalized spacial score (nSPS) is 12.4. The van der Waals surface area contributed by atoms with E-state index in [0.717, 1.165) is 38.2 Å². The van der Waals surface area contributed by atoms with Gasteiger partial charge in [0.2, 0.25) is 0 Å². The molecule has 0 amide bonds. The monoisotopic (exact) mass is 418 g/mol. The number of aromatic nitrogens is 1. The molecule has 0 aliphatic heterocycles. The zero-order chi connectivity index (χ0) is 14.5. The van der Waals surface area contributed by atoms with Crippen molar-refractivity contribution in [2.24, 2.45) is 0 Å². The molecule has 0 saturated heterocycles. The van der Waals surface area contributed by atoms with Crippen molar-refractivity contribution in [3.05, 3.63) is 43.2 Å². The Kier molecular flexibility index (Phi) is 6.01. The third-order valence-corrected chi connectivity index (χ3v) is 4.92. The molecule has 0 bridgehead atoms. The molecule has 1 aromatic heterocycles. The molecule has 20 heavy (non-hydrogen) atoms. The molecule has 0 radical (unpaired) electrons. The smallest absolute Gasteiger partial charge is 0.137 e. The van der Waals surface area contributed by atoms with Gasteiger partial charge in [-0.2, -0.15) is 0 Å². The van der Waals surface area contributed by atoms with Gasteiger partial charge in [0, 0.05) is 28.2 Å². The third kappa shape index (κ3) is 3.81. The first-order valence-corrected chi connectivity index (χ1v) is 8.77. The minimum Gasteiger partial charge on any atom is -0.495 e. The highest BCUT2D eigenvalue weighted by Crippen LogP contribution is 2.33. The standard InChI is InChI=1S/C14H16Br2N2OS/c1-3-12(14-17-4-5-20-14)18-8-9-6-10(15)7-11(16)13(9)19-2/h4-7,12,18H,3,8H2,1-2H3. The second kappa shape index (κ2) is 7.54. The molecule has 1 heterocycles. The lowest BCUT2D eigenvalue weighted by Gasteiger charge is -2.17. The first kappa shape index (κ1) is 15.9. The number of halogens is 2. The summed E-state index contributed by atoms with van der Waals surface area (Å²) in [6, 6.07) is 4.34. The van der Waals surface area contributed by atoms with Crippen LogP contribution in [0.2, 0.25) is 0 Å². The Bertz CT molecular complexity index is 561. The van der Waals surface area contributed by atoms with Gasteiger partial charge in [-0.05, 0) is 34.5 Å². The van der Waals surface area contributed by atoms with E-state index >= 15 is 0 Å². The van der Waals surface area contributed by atoms with Gasteiger partial charge in [0.15, 0.2) is 0 Å². The highest BCUT2D eigenvalue weighted by molar-refractivity contribution is 9.11. The van der Waals surface area contributed by atoms with Crippen LogP contribution in [-0.2, 0) is 6.54 Å². The van der Waals surface area contributed by atoms with Crippen molar-refractivity contribution in [3.63, 3.8) is 0 Å². The minimum absolute atomic E-state index is 0.275. The Labute approximate surface area is 140 Å². The molecular weight excluding hydrogens is 404 g/mol. The maximum Gasteiger partial charge on any atom is 0.137 e. The molecule has 6 heteroatoms. The van der Waals surface area contributed by atoms with E-state index < -0.39 is 0 Å². The fraction of sp³-hybridized carbons (Fsp3) is 0.357. The molecular formula is C14H16Br2N2OS. The van der Waals surface area contributed by atoms with Crippen LogP contribution >= 0.6 is 43.2 Å². The number of nitrogens with zero attached hydrogens (tertiary/aromatic N) is 1. The van der Waals surface area contributed by atoms with Crippen molar-refractivity contribution >= 4 is 43.2 Å². The summed E-state index contributed by atoms with van der Waals surface area (Å²) in [5, 5.41) is 6.68. The summed E-state index contributed by atoms with van der Waals surface area (Å²) < 4.78 is 7.45. The van der Waals surface area contributed by atoms with Crippen LogP contribution in [0.5, 0.6) is 5.75 Å². The number of thiazole rings is 1. The van der Waals surface area contributed by atoms with Gasteiger partial charge < -0.3 is 10.1 Å². The maximum absolute atomic E-state index is 5.47. The number of hydrogen-bond acceptors (Lipinski definition) is 4. The number of nitrogens with one attached hydrogen (secondary N) is 1. The van der Waals surface area contributed by atoms with Crippen LogP contribution in [-0.4, -0.2) is 12.1 Å². The number of benzene rings is 1. The van der Waals surface area contributed by atoms with Gasteiger partial charge in [0.1, 0.15) is 10.8 Å². The van der Waals surface area contributed by atoms with Crippen LogP contribution in [0.1, 0.15) is 30.0 Å². The molecule has 1 N–H and O–H groups in total. The minimum atomic E-state index is 0.275. The number of rotatable bonds is 6. The predicted octanol–water partition coefficient (Wildman–Crippen LogP) is 4.92. The van der Waals surface area contributed by atoms with Crippen molar-refractivity contribution in [3.8, 4) is 5.75 Å². The van der Waals surface area contributed by atoms with Crippen LogP contribution in [0, 0.1) is 0 Å². The van der Waals surface area contributed by atoms with Gasteiger partial charge in [-0.1, -0.05) is 22.9 Å². The van der Waals surface area contributed by atoms with E-state index in [9.17, 15) is 0 Å². The van der Waals surface area contributed by atoms with Crippen LogP contribution in [0.15, 0.2) is 32.7 Å². The van der Waals surface area contributed by atoms with Crippen molar-refractivity contribution in [1.29, 1.82) is 0 Å². The fourth-order valence-corrected chi connectivity index (χ4v) is 4.29. The molecule has 108 valence electrons. The molecule has 2 rings (SSSR count). The van der Waals surface area contributed by atoms with E-state index in [0.29, 0.717) is 0 Å². The number of hydrogen-bond donors (Lipinski definition) is 1. The van der Waals surface area contributed by atoms with Crippen LogP contribution in [0.4, 0.5) is 0 Å². The molecule has 3 nitrogen and oxygen atoms in total. The second-order valence-corrected chi connectivity index (χ2v) is 6.99. The van der Waals surface area contributed by atoms with Gasteiger partial charge in [0.25, 0.3) is 0 Å². The predicted molar refractivity (Wildman–Crippen MR) is 90.4 cm³/mol. The van der Waals surface area contributed by atoms with Crippen LogP contribution in [0.3, 0.4) is 0 Å². The summed E-state index contributed by atoms with van der Waals surface area (Å²) in [6.07, 6.45) is 2.85. The maximum atomic E-state index is 5.47. The molecule has 1 atom stereocenters. The fourth-order valence-electron chi connectivity index (χ4n) is 2.02. The Morgan fingerprint density at radius 1 is 1.40 bits per heavy atom. The quantitative estimate of drug-likeness (QED) is 0.721. The molecule has 0 saturated carbocycles. The van der Waals surface area contributed by atoms with E-state index in [2.05, 4.69) is 55.2 Å². The Hall–Kier alpha value is -0.430. The molecule has 2 aromatic rings. The SMILES string of the molecule is CCC(NCc1cc(Br)cc(Br)c1OC)c1nccs1. The summed E-state index contributed by atoms with van der Waals surface area (Å²) in [5.74, 6) is 0.870. The van der Waals surface area contributed by atoms with Crippen molar-refractivity contribution in [1.82, 2.24) is 10.3 Å². The second-order valence-electron chi connectivity index (χ2n) is 4.29. The first-order valence-electron chi connectivity index (χ1n) is 6.30. The van der Waals surface area contributed by atoms with E-state index in [1.54, 1.807) is 18.4 Å². The topological polar surface area (TPSA) is 34.1 Å². The molecule has 0 fully saturated rings. The van der Waals surface area contributed by atoms with Gasteiger partial charge in [-0.3, -0.25) is 0 Å². The molecule has 1 unspecified atom stereocenters. The van der Waals surface area contributed by atoms with E-state index in [1.165, 1.54) is 0 Å². The van der Waals surface area contributed by atoms with E-state index in [1.807, 2.05) is 17.6 Å². The largest absolute Gasteiger partial charge is 0.495 e. The lowest BCUT2D eigenvalue weighted by molar-refractivity contribution is 0.402. The Morgan fingerprint density at radius 2 is 2.20 bits per heavy atom. The lowest BCUT2D eigenvalue weighted by atomic mass is 10.1. The Balaban J connectivity index is 2.14. The van der Waals surface area contributed by atoms with Crippen molar-refractivity contribution in [2.75, 3.05) is 7.11 Å². The summed E-state index contributed by atoms with van der Waals surface area (Å²) in [6.45, 7) is 2.90. The molecule has 0 aliphatic rings. The summed E-state index contributed by atoms with van der Waals surface area (Å²) in [5.41, 5.74) is 1.11. The average molecular weight is 420 g/mol. The zero-order valence-electron chi connectivity index (χ0n) is 11.3. The number of ether oxygens (including phenoxy) is 1. The van der Waals surface area contributed by atoms with Crippen LogP contribution in [0.25, 0.3) is 0 Å².